The van der Waals surface area contributed by atoms with E-state index in [9.17, 15) is 14.4 Å². The lowest BCUT2D eigenvalue weighted by atomic mass is 10.0. The molecule has 1 aromatic rings. The minimum absolute atomic E-state index is 0.0337. The fourth-order valence-electron chi connectivity index (χ4n) is 2.24. The van der Waals surface area contributed by atoms with Gasteiger partial charge in [-0.1, -0.05) is 18.2 Å². The van der Waals surface area contributed by atoms with E-state index in [1.165, 1.54) is 0 Å². The minimum Gasteiger partial charge on any atom is -0.474 e. The van der Waals surface area contributed by atoms with Gasteiger partial charge < -0.3 is 15.3 Å². The Morgan fingerprint density at radius 2 is 1.70 bits per heavy atom. The number of nitrogens with one attached hydrogen (secondary N) is 1. The van der Waals surface area contributed by atoms with E-state index in [1.54, 1.807) is 17.0 Å². The van der Waals surface area contributed by atoms with Crippen molar-refractivity contribution in [3.63, 3.8) is 0 Å². The molecule has 1 aromatic carbocycles. The third kappa shape index (κ3) is 3.34. The van der Waals surface area contributed by atoms with Gasteiger partial charge in [0, 0.05) is 24.7 Å². The summed E-state index contributed by atoms with van der Waals surface area (Å²) in [6.45, 7) is 1.02. The summed E-state index contributed by atoms with van der Waals surface area (Å²) in [5, 5.41) is 11.0. The maximum Gasteiger partial charge on any atom is 0.394 e. The number of likely N-dealkylation sites (tertiary alicyclic amines) is 1. The largest absolute Gasteiger partial charge is 0.474 e. The van der Waals surface area contributed by atoms with Gasteiger partial charge in [0.25, 0.3) is 5.91 Å². The summed E-state index contributed by atoms with van der Waals surface area (Å²) < 4.78 is 0. The van der Waals surface area contributed by atoms with Crippen molar-refractivity contribution in [3.05, 3.63) is 35.9 Å². The first-order valence-corrected chi connectivity index (χ1v) is 6.46. The van der Waals surface area contributed by atoms with Crippen LogP contribution in [0.1, 0.15) is 23.2 Å². The number of hydrogen-bond acceptors (Lipinski definition) is 3. The van der Waals surface area contributed by atoms with Crippen LogP contribution >= 0.6 is 0 Å². The molecule has 1 fully saturated rings. The van der Waals surface area contributed by atoms with E-state index in [1.807, 2.05) is 18.2 Å². The fourth-order valence-corrected chi connectivity index (χ4v) is 2.24. The number of carboxylic acids is 1. The number of piperidine rings is 1. The highest BCUT2D eigenvalue weighted by molar-refractivity contribution is 6.31. The predicted octanol–water partition coefficient (Wildman–Crippen LogP) is 0.492. The summed E-state index contributed by atoms with van der Waals surface area (Å²) in [6.07, 6.45) is 1.13. The number of rotatable bonds is 2. The lowest BCUT2D eigenvalue weighted by Crippen LogP contribution is -2.48. The topological polar surface area (TPSA) is 86.7 Å². The second-order valence-corrected chi connectivity index (χ2v) is 4.71. The van der Waals surface area contributed by atoms with Gasteiger partial charge in [0.05, 0.1) is 0 Å². The van der Waals surface area contributed by atoms with E-state index in [-0.39, 0.29) is 11.9 Å². The first-order valence-electron chi connectivity index (χ1n) is 6.46. The molecule has 1 aliphatic rings. The Hall–Kier alpha value is -2.37. The first kappa shape index (κ1) is 14.0. The number of nitrogens with zero attached hydrogens (tertiary/aromatic N) is 1. The smallest absolute Gasteiger partial charge is 0.394 e. The highest BCUT2D eigenvalue weighted by Gasteiger charge is 2.25. The van der Waals surface area contributed by atoms with Crippen molar-refractivity contribution in [2.75, 3.05) is 13.1 Å². The lowest BCUT2D eigenvalue weighted by Gasteiger charge is -2.32. The highest BCUT2D eigenvalue weighted by Crippen LogP contribution is 2.13. The molecule has 0 aliphatic carbocycles. The van der Waals surface area contributed by atoms with Crippen molar-refractivity contribution in [1.29, 1.82) is 0 Å². The number of benzene rings is 1. The molecule has 0 unspecified atom stereocenters. The Balaban J connectivity index is 1.87. The second kappa shape index (κ2) is 6.18. The number of carbonyl (C=O) groups is 3. The number of amides is 2. The molecule has 0 atom stereocenters. The third-order valence-corrected chi connectivity index (χ3v) is 3.33. The van der Waals surface area contributed by atoms with Crippen LogP contribution in [0.15, 0.2) is 30.3 Å². The first-order chi connectivity index (χ1) is 9.58. The van der Waals surface area contributed by atoms with E-state index in [2.05, 4.69) is 5.32 Å². The molecule has 1 aliphatic heterocycles. The van der Waals surface area contributed by atoms with Crippen LogP contribution in [0.5, 0.6) is 0 Å². The number of aliphatic carboxylic acids is 1. The Bertz CT molecular complexity index is 507. The third-order valence-electron chi connectivity index (χ3n) is 3.33. The predicted molar refractivity (Wildman–Crippen MR) is 71.1 cm³/mol. The van der Waals surface area contributed by atoms with Crippen molar-refractivity contribution < 1.29 is 19.5 Å². The molecule has 2 N–H and O–H groups in total. The maximum absolute atomic E-state index is 12.2. The van der Waals surface area contributed by atoms with Crippen molar-refractivity contribution in [1.82, 2.24) is 10.2 Å². The van der Waals surface area contributed by atoms with Crippen LogP contribution in [0.25, 0.3) is 0 Å². The van der Waals surface area contributed by atoms with Crippen molar-refractivity contribution >= 4 is 17.8 Å². The van der Waals surface area contributed by atoms with Crippen LogP contribution in [-0.2, 0) is 9.59 Å². The molecule has 0 saturated carbocycles. The van der Waals surface area contributed by atoms with Gasteiger partial charge in [-0.3, -0.25) is 9.59 Å². The molecule has 20 heavy (non-hydrogen) atoms. The van der Waals surface area contributed by atoms with E-state index in [0.717, 1.165) is 0 Å². The average molecular weight is 276 g/mol. The molecular formula is C14H16N2O4. The molecule has 106 valence electrons. The highest BCUT2D eigenvalue weighted by atomic mass is 16.4. The number of hydrogen-bond donors (Lipinski definition) is 2. The van der Waals surface area contributed by atoms with Crippen LogP contribution < -0.4 is 5.32 Å². The summed E-state index contributed by atoms with van der Waals surface area (Å²) in [5.41, 5.74) is 0.639. The molecule has 0 radical (unpaired) electrons. The monoisotopic (exact) mass is 276 g/mol. The van der Waals surface area contributed by atoms with Gasteiger partial charge in [0.1, 0.15) is 0 Å². The van der Waals surface area contributed by atoms with Crippen LogP contribution in [-0.4, -0.2) is 46.9 Å². The van der Waals surface area contributed by atoms with E-state index < -0.39 is 11.9 Å². The van der Waals surface area contributed by atoms with Gasteiger partial charge >= 0.3 is 11.9 Å². The summed E-state index contributed by atoms with van der Waals surface area (Å²) in [5.74, 6) is -2.50. The standard InChI is InChI=1S/C14H16N2O4/c17-12(14(19)20)15-11-6-8-16(9-7-11)13(18)10-4-2-1-3-5-10/h1-5,11H,6-9H2,(H,15,17)(H,19,20). The van der Waals surface area contributed by atoms with E-state index in [0.29, 0.717) is 31.5 Å². The maximum atomic E-state index is 12.2. The van der Waals surface area contributed by atoms with Crippen LogP contribution in [0.3, 0.4) is 0 Å². The second-order valence-electron chi connectivity index (χ2n) is 4.71. The Morgan fingerprint density at radius 3 is 2.25 bits per heavy atom. The van der Waals surface area contributed by atoms with Crippen LogP contribution in [0.2, 0.25) is 0 Å². The van der Waals surface area contributed by atoms with Crippen molar-refractivity contribution in [2.45, 2.75) is 18.9 Å². The number of carbonyl (C=O) groups excluding carboxylic acids is 2. The van der Waals surface area contributed by atoms with Gasteiger partial charge in [-0.2, -0.15) is 0 Å². The molecular weight excluding hydrogens is 260 g/mol. The summed E-state index contributed by atoms with van der Waals surface area (Å²) in [7, 11) is 0. The molecule has 0 aromatic heterocycles. The summed E-state index contributed by atoms with van der Waals surface area (Å²) in [6, 6.07) is 8.82. The molecule has 0 spiro atoms. The molecule has 2 amide bonds. The molecule has 6 nitrogen and oxygen atoms in total. The zero-order valence-electron chi connectivity index (χ0n) is 10.9. The average Bonchev–Trinajstić information content (AvgIpc) is 2.48. The molecule has 1 heterocycles. The van der Waals surface area contributed by atoms with Gasteiger partial charge in [0.15, 0.2) is 0 Å². The Labute approximate surface area is 116 Å². The van der Waals surface area contributed by atoms with Crippen LogP contribution in [0.4, 0.5) is 0 Å². The Morgan fingerprint density at radius 1 is 1.10 bits per heavy atom. The van der Waals surface area contributed by atoms with Crippen molar-refractivity contribution in [2.24, 2.45) is 0 Å². The van der Waals surface area contributed by atoms with E-state index >= 15 is 0 Å². The summed E-state index contributed by atoms with van der Waals surface area (Å²) >= 11 is 0. The van der Waals surface area contributed by atoms with Gasteiger partial charge in [-0.15, -0.1) is 0 Å². The zero-order valence-corrected chi connectivity index (χ0v) is 10.9. The van der Waals surface area contributed by atoms with Gasteiger partial charge in [0.2, 0.25) is 0 Å². The van der Waals surface area contributed by atoms with Gasteiger partial charge in [-0.25, -0.2) is 4.79 Å². The van der Waals surface area contributed by atoms with Gasteiger partial charge in [-0.05, 0) is 25.0 Å². The fraction of sp³-hybridized carbons (Fsp3) is 0.357. The molecule has 6 heteroatoms. The lowest BCUT2D eigenvalue weighted by molar-refractivity contribution is -0.150. The normalized spacial score (nSPS) is 15.7. The van der Waals surface area contributed by atoms with Crippen LogP contribution in [0, 0.1) is 0 Å². The summed E-state index contributed by atoms with van der Waals surface area (Å²) in [4.78, 5) is 35.4. The quantitative estimate of drug-likeness (QED) is 0.770. The molecule has 1 saturated heterocycles. The molecule has 0 bridgehead atoms. The SMILES string of the molecule is O=C(O)C(=O)NC1CCN(C(=O)c2ccccc2)CC1. The number of carboxylic acid groups (broad SMARTS) is 1. The Kier molecular flexibility index (Phi) is 4.34. The minimum atomic E-state index is -1.48. The van der Waals surface area contributed by atoms with E-state index in [4.69, 9.17) is 5.11 Å². The molecule has 2 rings (SSSR count). The zero-order chi connectivity index (χ0) is 14.5. The van der Waals surface area contributed by atoms with Crippen molar-refractivity contribution in [3.8, 4) is 0 Å².